The average molecular weight is 535 g/mol. The monoisotopic (exact) mass is 534 g/mol. The molecule has 0 spiro atoms. The molecule has 12 heteroatoms. The summed E-state index contributed by atoms with van der Waals surface area (Å²) < 4.78 is 28.7. The van der Waals surface area contributed by atoms with E-state index in [1.807, 2.05) is 12.1 Å². The first-order valence-corrected chi connectivity index (χ1v) is 14.2. The normalized spacial score (nSPS) is 14.9. The van der Waals surface area contributed by atoms with Crippen LogP contribution in [0.2, 0.25) is 5.02 Å². The molecule has 0 aliphatic carbocycles. The summed E-state index contributed by atoms with van der Waals surface area (Å²) in [5.41, 5.74) is 2.11. The van der Waals surface area contributed by atoms with Gasteiger partial charge in [0.1, 0.15) is 0 Å². The first kappa shape index (κ1) is 25.6. The molecule has 1 aliphatic rings. The lowest BCUT2D eigenvalue weighted by Crippen LogP contribution is -2.50. The van der Waals surface area contributed by atoms with E-state index in [2.05, 4.69) is 34.6 Å². The second-order valence-corrected chi connectivity index (χ2v) is 11.5. The van der Waals surface area contributed by atoms with Crippen LogP contribution >= 0.6 is 23.4 Å². The maximum Gasteiger partial charge on any atom is 0.243 e. The summed E-state index contributed by atoms with van der Waals surface area (Å²) >= 11 is 7.13. The van der Waals surface area contributed by atoms with E-state index in [0.29, 0.717) is 23.3 Å². The van der Waals surface area contributed by atoms with Gasteiger partial charge in [-0.05, 0) is 65.2 Å². The van der Waals surface area contributed by atoms with Gasteiger partial charge in [0, 0.05) is 31.2 Å². The van der Waals surface area contributed by atoms with Crippen molar-refractivity contribution < 1.29 is 13.2 Å². The Kier molecular flexibility index (Phi) is 8.42. The standard InChI is InChI=1S/C23H27ClN6O3S2/c1-2-3-4-18-5-9-20(10-6-18)30-23(25-26-27-30)34-17-22(31)28-13-15-29(16-14-28)35(32,33)21-11-7-19(24)8-12-21/h5-12H,2-4,13-17H2,1H3. The third-order valence-electron chi connectivity index (χ3n) is 5.81. The van der Waals surface area contributed by atoms with Gasteiger partial charge < -0.3 is 4.90 Å². The lowest BCUT2D eigenvalue weighted by Gasteiger charge is -2.34. The number of carbonyl (C=O) groups is 1. The number of sulfonamides is 1. The maximum absolute atomic E-state index is 12.9. The number of halogens is 1. The van der Waals surface area contributed by atoms with Gasteiger partial charge in [-0.15, -0.1) is 5.10 Å². The number of nitrogens with zero attached hydrogens (tertiary/aromatic N) is 6. The lowest BCUT2D eigenvalue weighted by molar-refractivity contribution is -0.129. The minimum Gasteiger partial charge on any atom is -0.339 e. The molecular formula is C23H27ClN6O3S2. The zero-order chi connectivity index (χ0) is 24.8. The second kappa shape index (κ2) is 11.5. The van der Waals surface area contributed by atoms with Gasteiger partial charge in [0.25, 0.3) is 0 Å². The van der Waals surface area contributed by atoms with Crippen molar-refractivity contribution in [2.75, 3.05) is 31.9 Å². The number of thioether (sulfide) groups is 1. The van der Waals surface area contributed by atoms with E-state index in [0.717, 1.165) is 24.9 Å². The summed E-state index contributed by atoms with van der Waals surface area (Å²) in [6.07, 6.45) is 3.34. The zero-order valence-electron chi connectivity index (χ0n) is 19.4. The van der Waals surface area contributed by atoms with Crippen LogP contribution in [0.5, 0.6) is 0 Å². The molecule has 1 fully saturated rings. The summed E-state index contributed by atoms with van der Waals surface area (Å²) in [6.45, 7) is 3.31. The van der Waals surface area contributed by atoms with Crippen LogP contribution in [0.15, 0.2) is 58.6 Å². The smallest absolute Gasteiger partial charge is 0.243 e. The van der Waals surface area contributed by atoms with E-state index >= 15 is 0 Å². The minimum absolute atomic E-state index is 0.0806. The van der Waals surface area contributed by atoms with E-state index in [9.17, 15) is 13.2 Å². The largest absolute Gasteiger partial charge is 0.339 e. The van der Waals surface area contributed by atoms with Crippen molar-refractivity contribution in [1.82, 2.24) is 29.4 Å². The Morgan fingerprint density at radius 2 is 1.71 bits per heavy atom. The highest BCUT2D eigenvalue weighted by molar-refractivity contribution is 7.99. The van der Waals surface area contributed by atoms with Crippen LogP contribution < -0.4 is 0 Å². The number of tetrazole rings is 1. The van der Waals surface area contributed by atoms with Gasteiger partial charge in [-0.3, -0.25) is 4.79 Å². The highest BCUT2D eigenvalue weighted by atomic mass is 35.5. The number of aryl methyl sites for hydroxylation is 1. The van der Waals surface area contributed by atoms with Crippen molar-refractivity contribution >= 4 is 39.3 Å². The number of benzene rings is 2. The van der Waals surface area contributed by atoms with Crippen molar-refractivity contribution in [3.63, 3.8) is 0 Å². The summed E-state index contributed by atoms with van der Waals surface area (Å²) in [7, 11) is -3.62. The van der Waals surface area contributed by atoms with Crippen LogP contribution in [-0.4, -0.2) is 75.7 Å². The van der Waals surface area contributed by atoms with Crippen LogP contribution in [0, 0.1) is 0 Å². The number of hydrogen-bond acceptors (Lipinski definition) is 7. The molecule has 1 aliphatic heterocycles. The highest BCUT2D eigenvalue weighted by Crippen LogP contribution is 2.22. The van der Waals surface area contributed by atoms with Crippen LogP contribution in [0.3, 0.4) is 0 Å². The molecule has 35 heavy (non-hydrogen) atoms. The highest BCUT2D eigenvalue weighted by Gasteiger charge is 2.30. The quantitative estimate of drug-likeness (QED) is 0.388. The van der Waals surface area contributed by atoms with Gasteiger partial charge in [0.2, 0.25) is 21.1 Å². The molecule has 1 saturated heterocycles. The number of aromatic nitrogens is 4. The molecule has 4 rings (SSSR count). The minimum atomic E-state index is -3.62. The molecule has 2 aromatic carbocycles. The van der Waals surface area contributed by atoms with E-state index in [4.69, 9.17) is 11.6 Å². The molecule has 186 valence electrons. The summed E-state index contributed by atoms with van der Waals surface area (Å²) in [5.74, 6) is 0.0850. The van der Waals surface area contributed by atoms with Crippen molar-refractivity contribution in [1.29, 1.82) is 0 Å². The van der Waals surface area contributed by atoms with E-state index in [1.165, 1.54) is 33.8 Å². The second-order valence-electron chi connectivity index (χ2n) is 8.17. The number of rotatable bonds is 9. The van der Waals surface area contributed by atoms with E-state index in [-0.39, 0.29) is 29.6 Å². The molecule has 0 N–H and O–H groups in total. The fraction of sp³-hybridized carbons (Fsp3) is 0.391. The molecule has 0 unspecified atom stereocenters. The van der Waals surface area contributed by atoms with Crippen molar-refractivity contribution in [3.8, 4) is 5.69 Å². The Labute approximate surface area is 214 Å². The number of hydrogen-bond donors (Lipinski definition) is 0. The van der Waals surface area contributed by atoms with Gasteiger partial charge in [-0.1, -0.05) is 48.8 Å². The fourth-order valence-corrected chi connectivity index (χ4v) is 6.11. The topological polar surface area (TPSA) is 101 Å². The Morgan fingerprint density at radius 1 is 1.03 bits per heavy atom. The molecule has 0 bridgehead atoms. The number of piperazine rings is 1. The summed E-state index contributed by atoms with van der Waals surface area (Å²) in [4.78, 5) is 14.7. The van der Waals surface area contributed by atoms with Gasteiger partial charge in [-0.25, -0.2) is 8.42 Å². The number of unbranched alkanes of at least 4 members (excludes halogenated alkanes) is 1. The average Bonchev–Trinajstić information content (AvgIpc) is 3.35. The van der Waals surface area contributed by atoms with E-state index in [1.54, 1.807) is 21.7 Å². The Hall–Kier alpha value is -2.47. The van der Waals surface area contributed by atoms with Gasteiger partial charge in [0.15, 0.2) is 0 Å². The third-order valence-corrected chi connectivity index (χ3v) is 8.88. The Bertz CT molecular complexity index is 1240. The molecule has 9 nitrogen and oxygen atoms in total. The first-order chi connectivity index (χ1) is 16.9. The zero-order valence-corrected chi connectivity index (χ0v) is 21.8. The first-order valence-electron chi connectivity index (χ1n) is 11.4. The van der Waals surface area contributed by atoms with Crippen molar-refractivity contribution in [2.45, 2.75) is 36.2 Å². The predicted octanol–water partition coefficient (Wildman–Crippen LogP) is 3.28. The molecule has 2 heterocycles. The number of amides is 1. The van der Waals surface area contributed by atoms with Crippen molar-refractivity contribution in [2.24, 2.45) is 0 Å². The summed E-state index contributed by atoms with van der Waals surface area (Å²) in [6, 6.07) is 14.2. The third kappa shape index (κ3) is 6.21. The predicted molar refractivity (Wildman–Crippen MR) is 135 cm³/mol. The van der Waals surface area contributed by atoms with Crippen LogP contribution in [0.1, 0.15) is 25.3 Å². The van der Waals surface area contributed by atoms with Crippen molar-refractivity contribution in [3.05, 3.63) is 59.1 Å². The van der Waals surface area contributed by atoms with Gasteiger partial charge in [0.05, 0.1) is 16.3 Å². The molecule has 0 saturated carbocycles. The van der Waals surface area contributed by atoms with Crippen LogP contribution in [0.25, 0.3) is 5.69 Å². The van der Waals surface area contributed by atoms with Crippen LogP contribution in [0.4, 0.5) is 0 Å². The maximum atomic E-state index is 12.9. The SMILES string of the molecule is CCCCc1ccc(-n2nnnc2SCC(=O)N2CCN(S(=O)(=O)c3ccc(Cl)cc3)CC2)cc1. The summed E-state index contributed by atoms with van der Waals surface area (Å²) in [5, 5.41) is 12.9. The fourth-order valence-electron chi connectivity index (χ4n) is 3.77. The molecule has 1 aromatic heterocycles. The van der Waals surface area contributed by atoms with Crippen LogP contribution in [-0.2, 0) is 21.2 Å². The van der Waals surface area contributed by atoms with Gasteiger partial charge >= 0.3 is 0 Å². The van der Waals surface area contributed by atoms with E-state index < -0.39 is 10.0 Å². The molecule has 0 atom stereocenters. The molecule has 0 radical (unpaired) electrons. The van der Waals surface area contributed by atoms with Gasteiger partial charge in [-0.2, -0.15) is 8.99 Å². The Balaban J connectivity index is 1.31. The molecule has 3 aromatic rings. The number of carbonyl (C=O) groups excluding carboxylic acids is 1. The molecular weight excluding hydrogens is 508 g/mol. The molecule has 1 amide bonds. The lowest BCUT2D eigenvalue weighted by atomic mass is 10.1. The Morgan fingerprint density at radius 3 is 2.37 bits per heavy atom.